The highest BCUT2D eigenvalue weighted by molar-refractivity contribution is 7.76. The second-order valence-corrected chi connectivity index (χ2v) is 8.19. The maximum atomic E-state index is 13.9. The van der Waals surface area contributed by atoms with Crippen LogP contribution in [0.15, 0.2) is 84.9 Å². The Balaban J connectivity index is 2.00. The molecule has 1 N–H and O–H groups in total. The Bertz CT molecular complexity index is 791. The van der Waals surface area contributed by atoms with Crippen LogP contribution >= 0.6 is 7.29 Å². The molecule has 3 rings (SSSR count). The van der Waals surface area contributed by atoms with E-state index in [9.17, 15) is 8.96 Å². The Morgan fingerprint density at radius 2 is 1.25 bits per heavy atom. The monoisotopic (exact) mass is 339 g/mol. The Labute approximate surface area is 141 Å². The Morgan fingerprint density at radius 1 is 0.792 bits per heavy atom. The van der Waals surface area contributed by atoms with Gasteiger partial charge in [-0.15, -0.1) is 0 Å². The van der Waals surface area contributed by atoms with Crippen molar-refractivity contribution < 1.29 is 8.96 Å². The fourth-order valence-corrected chi connectivity index (χ4v) is 5.15. The van der Waals surface area contributed by atoms with E-state index in [1.807, 2.05) is 67.6 Å². The minimum absolute atomic E-state index is 0.183. The molecule has 0 unspecified atom stereocenters. The number of hydrogen-bond acceptors (Lipinski definition) is 1. The van der Waals surface area contributed by atoms with E-state index in [-0.39, 0.29) is 11.9 Å². The second kappa shape index (κ2) is 7.12. The molecule has 0 bridgehead atoms. The lowest BCUT2D eigenvalue weighted by atomic mass is 10.1. The van der Waals surface area contributed by atoms with Crippen molar-refractivity contribution in [3.05, 3.63) is 96.3 Å². The SMILES string of the molecule is C[C@@H](NP(=O)(c1ccccc1)c1ccccc1)c1ccc(F)cc1. The van der Waals surface area contributed by atoms with Crippen LogP contribution in [0.5, 0.6) is 0 Å². The van der Waals surface area contributed by atoms with Gasteiger partial charge >= 0.3 is 0 Å². The third kappa shape index (κ3) is 3.48. The van der Waals surface area contributed by atoms with Gasteiger partial charge in [-0.1, -0.05) is 48.5 Å². The summed E-state index contributed by atoms with van der Waals surface area (Å²) in [6.07, 6.45) is 0. The van der Waals surface area contributed by atoms with E-state index >= 15 is 0 Å². The first kappa shape index (κ1) is 16.6. The molecule has 3 aromatic rings. The van der Waals surface area contributed by atoms with Crippen LogP contribution < -0.4 is 15.7 Å². The van der Waals surface area contributed by atoms with E-state index in [1.54, 1.807) is 12.1 Å². The molecule has 0 radical (unpaired) electrons. The van der Waals surface area contributed by atoms with Gasteiger partial charge in [0.05, 0.1) is 0 Å². The Morgan fingerprint density at radius 3 is 1.71 bits per heavy atom. The van der Waals surface area contributed by atoms with Crippen LogP contribution in [0, 0.1) is 5.82 Å². The largest absolute Gasteiger partial charge is 0.297 e. The zero-order chi connectivity index (χ0) is 17.0. The maximum Gasteiger partial charge on any atom is 0.205 e. The number of hydrogen-bond donors (Lipinski definition) is 1. The van der Waals surface area contributed by atoms with Gasteiger partial charge in [-0.2, -0.15) is 0 Å². The lowest BCUT2D eigenvalue weighted by Crippen LogP contribution is -2.29. The second-order valence-electron chi connectivity index (χ2n) is 5.68. The van der Waals surface area contributed by atoms with Crippen LogP contribution in [0.3, 0.4) is 0 Å². The van der Waals surface area contributed by atoms with Gasteiger partial charge in [0.2, 0.25) is 7.29 Å². The molecule has 0 aromatic heterocycles. The predicted molar refractivity (Wildman–Crippen MR) is 97.7 cm³/mol. The van der Waals surface area contributed by atoms with Crippen molar-refractivity contribution in [3.63, 3.8) is 0 Å². The van der Waals surface area contributed by atoms with E-state index in [1.165, 1.54) is 12.1 Å². The molecule has 0 saturated heterocycles. The van der Waals surface area contributed by atoms with E-state index in [0.717, 1.165) is 16.2 Å². The molecule has 0 aliphatic rings. The number of benzene rings is 3. The van der Waals surface area contributed by atoms with Gasteiger partial charge in [0.15, 0.2) is 0 Å². The highest BCUT2D eigenvalue weighted by Gasteiger charge is 2.29. The molecule has 1 atom stereocenters. The summed E-state index contributed by atoms with van der Waals surface area (Å²) in [5.74, 6) is -0.278. The maximum absolute atomic E-state index is 13.9. The molecule has 0 saturated carbocycles. The minimum Gasteiger partial charge on any atom is -0.297 e. The fraction of sp³-hybridized carbons (Fsp3) is 0.100. The molecule has 0 heterocycles. The molecule has 3 aromatic carbocycles. The van der Waals surface area contributed by atoms with E-state index in [2.05, 4.69) is 5.09 Å². The molecule has 0 aliphatic carbocycles. The lowest BCUT2D eigenvalue weighted by Gasteiger charge is -2.25. The van der Waals surface area contributed by atoms with Gasteiger partial charge in [-0.25, -0.2) is 4.39 Å². The third-order valence-corrected chi connectivity index (χ3v) is 6.79. The van der Waals surface area contributed by atoms with Gasteiger partial charge in [0, 0.05) is 16.7 Å². The first-order valence-corrected chi connectivity index (χ1v) is 9.55. The molecule has 2 nitrogen and oxygen atoms in total. The van der Waals surface area contributed by atoms with Crippen LogP contribution in [-0.4, -0.2) is 0 Å². The van der Waals surface area contributed by atoms with Gasteiger partial charge in [0.25, 0.3) is 0 Å². The minimum atomic E-state index is -3.00. The van der Waals surface area contributed by atoms with Crippen LogP contribution in [0.25, 0.3) is 0 Å². The zero-order valence-corrected chi connectivity index (χ0v) is 14.3. The average Bonchev–Trinajstić information content (AvgIpc) is 2.63. The topological polar surface area (TPSA) is 29.1 Å². The van der Waals surface area contributed by atoms with Crippen LogP contribution in [-0.2, 0) is 4.57 Å². The van der Waals surface area contributed by atoms with E-state index in [4.69, 9.17) is 0 Å². The Kier molecular flexibility index (Phi) is 4.94. The van der Waals surface area contributed by atoms with Gasteiger partial charge in [-0.05, 0) is 48.9 Å². The third-order valence-electron chi connectivity index (χ3n) is 3.99. The Hall–Kier alpha value is -2.22. The van der Waals surface area contributed by atoms with Crippen molar-refractivity contribution in [2.75, 3.05) is 0 Å². The summed E-state index contributed by atoms with van der Waals surface area (Å²) in [4.78, 5) is 0. The zero-order valence-electron chi connectivity index (χ0n) is 13.4. The molecule has 0 spiro atoms. The molecular formula is C20H19FNOP. The van der Waals surface area contributed by atoms with Crippen molar-refractivity contribution in [1.82, 2.24) is 5.09 Å². The van der Waals surface area contributed by atoms with Gasteiger partial charge in [0.1, 0.15) is 5.82 Å². The quantitative estimate of drug-likeness (QED) is 0.698. The van der Waals surface area contributed by atoms with Crippen LogP contribution in [0.1, 0.15) is 18.5 Å². The number of nitrogens with one attached hydrogen (secondary N) is 1. The summed E-state index contributed by atoms with van der Waals surface area (Å²) in [6.45, 7) is 1.94. The summed E-state index contributed by atoms with van der Waals surface area (Å²) in [7, 11) is -3.00. The normalized spacial score (nSPS) is 12.8. The van der Waals surface area contributed by atoms with Crippen molar-refractivity contribution in [1.29, 1.82) is 0 Å². The first-order chi connectivity index (χ1) is 11.6. The molecule has 0 amide bonds. The van der Waals surface area contributed by atoms with Crippen molar-refractivity contribution >= 4 is 17.9 Å². The fourth-order valence-electron chi connectivity index (χ4n) is 2.67. The standard InChI is InChI=1S/C20H19FNOP/c1-16(17-12-14-18(21)15-13-17)22-24(23,19-8-4-2-5-9-19)20-10-6-3-7-11-20/h2-16H,1H3,(H,22,23)/t16-/m1/s1. The highest BCUT2D eigenvalue weighted by Crippen LogP contribution is 2.41. The number of halogens is 1. The summed E-state index contributed by atoms with van der Waals surface area (Å²) < 4.78 is 27.0. The lowest BCUT2D eigenvalue weighted by molar-refractivity contribution is 0.568. The smallest absolute Gasteiger partial charge is 0.205 e. The molecule has 24 heavy (non-hydrogen) atoms. The van der Waals surface area contributed by atoms with E-state index < -0.39 is 7.29 Å². The van der Waals surface area contributed by atoms with E-state index in [0.29, 0.717) is 0 Å². The molecule has 122 valence electrons. The van der Waals surface area contributed by atoms with Gasteiger partial charge in [-0.3, -0.25) is 9.65 Å². The van der Waals surface area contributed by atoms with Gasteiger partial charge < -0.3 is 0 Å². The van der Waals surface area contributed by atoms with Crippen LogP contribution in [0.4, 0.5) is 4.39 Å². The van der Waals surface area contributed by atoms with Crippen molar-refractivity contribution in [2.24, 2.45) is 0 Å². The first-order valence-electron chi connectivity index (χ1n) is 7.84. The van der Waals surface area contributed by atoms with Crippen LogP contribution in [0.2, 0.25) is 0 Å². The number of rotatable bonds is 5. The average molecular weight is 339 g/mol. The summed E-state index contributed by atoms with van der Waals surface area (Å²) in [6, 6.07) is 24.9. The van der Waals surface area contributed by atoms with Crippen molar-refractivity contribution in [2.45, 2.75) is 13.0 Å². The summed E-state index contributed by atoms with van der Waals surface area (Å²) in [5, 5.41) is 4.80. The molecule has 0 fully saturated rings. The molecule has 0 aliphatic heterocycles. The highest BCUT2D eigenvalue weighted by atomic mass is 31.2. The summed E-state index contributed by atoms with van der Waals surface area (Å²) >= 11 is 0. The molecule has 4 heteroatoms. The summed E-state index contributed by atoms with van der Waals surface area (Å²) in [5.41, 5.74) is 0.892. The van der Waals surface area contributed by atoms with Crippen molar-refractivity contribution in [3.8, 4) is 0 Å². The molecular weight excluding hydrogens is 320 g/mol. The predicted octanol–water partition coefficient (Wildman–Crippen LogP) is 4.41.